The van der Waals surface area contributed by atoms with Crippen LogP contribution in [-0.4, -0.2) is 31.6 Å². The number of amides is 2. The first-order valence-electron chi connectivity index (χ1n) is 9.41. The zero-order valence-corrected chi connectivity index (χ0v) is 16.8. The number of hydrogen-bond acceptors (Lipinski definition) is 4. The van der Waals surface area contributed by atoms with Crippen LogP contribution in [0.4, 0.5) is 5.69 Å². The number of nitrogens with one attached hydrogen (secondary N) is 2. The standard InChI is InChI=1S/C22H28N2O4/c1-5-28-19-10-6-16(7-11-19)21(25)24-20(14-15(2)3)22(26)23-17-8-12-18(27-4)13-9-17/h6-13,15,20H,5,14H2,1-4H3,(H,23,26)(H,24,25)/t20-/m0/s1. The van der Waals surface area contributed by atoms with Crippen molar-refractivity contribution in [3.63, 3.8) is 0 Å². The third-order valence-corrected chi connectivity index (χ3v) is 4.11. The van der Waals surface area contributed by atoms with Crippen molar-refractivity contribution in [3.05, 3.63) is 54.1 Å². The van der Waals surface area contributed by atoms with Crippen molar-refractivity contribution in [3.8, 4) is 11.5 Å². The van der Waals surface area contributed by atoms with Gasteiger partial charge in [0.15, 0.2) is 0 Å². The van der Waals surface area contributed by atoms with Crippen LogP contribution in [0.3, 0.4) is 0 Å². The summed E-state index contributed by atoms with van der Waals surface area (Å²) in [5.74, 6) is 1.11. The van der Waals surface area contributed by atoms with Crippen LogP contribution in [0.1, 0.15) is 37.6 Å². The van der Waals surface area contributed by atoms with Gasteiger partial charge in [-0.05, 0) is 67.8 Å². The SMILES string of the molecule is CCOc1ccc(C(=O)N[C@@H](CC(C)C)C(=O)Nc2ccc(OC)cc2)cc1. The molecule has 0 aliphatic rings. The summed E-state index contributed by atoms with van der Waals surface area (Å²) in [6.07, 6.45) is 0.532. The van der Waals surface area contributed by atoms with Crippen LogP contribution in [0.15, 0.2) is 48.5 Å². The van der Waals surface area contributed by atoms with Gasteiger partial charge in [-0.2, -0.15) is 0 Å². The van der Waals surface area contributed by atoms with E-state index in [1.165, 1.54) is 0 Å². The summed E-state index contributed by atoms with van der Waals surface area (Å²) in [5.41, 5.74) is 1.13. The molecule has 6 nitrogen and oxygen atoms in total. The molecule has 2 rings (SSSR count). The fraction of sp³-hybridized carbons (Fsp3) is 0.364. The predicted molar refractivity (Wildman–Crippen MR) is 110 cm³/mol. The Kier molecular flexibility index (Phi) is 7.87. The normalized spacial score (nSPS) is 11.6. The lowest BCUT2D eigenvalue weighted by Crippen LogP contribution is -2.44. The summed E-state index contributed by atoms with van der Waals surface area (Å²) in [7, 11) is 1.59. The monoisotopic (exact) mass is 384 g/mol. The average molecular weight is 384 g/mol. The molecule has 0 unspecified atom stereocenters. The smallest absolute Gasteiger partial charge is 0.251 e. The Bertz CT molecular complexity index is 770. The molecule has 2 N–H and O–H groups in total. The van der Waals surface area contributed by atoms with Crippen LogP contribution in [-0.2, 0) is 4.79 Å². The second-order valence-corrected chi connectivity index (χ2v) is 6.83. The largest absolute Gasteiger partial charge is 0.497 e. The van der Waals surface area contributed by atoms with Crippen molar-refractivity contribution in [2.75, 3.05) is 19.0 Å². The molecule has 0 heterocycles. The highest BCUT2D eigenvalue weighted by atomic mass is 16.5. The maximum absolute atomic E-state index is 12.7. The first kappa shape index (κ1) is 21.3. The van der Waals surface area contributed by atoms with Gasteiger partial charge >= 0.3 is 0 Å². The Labute approximate surface area is 166 Å². The van der Waals surface area contributed by atoms with Crippen molar-refractivity contribution >= 4 is 17.5 Å². The van der Waals surface area contributed by atoms with E-state index in [9.17, 15) is 9.59 Å². The van der Waals surface area contributed by atoms with Crippen LogP contribution in [0, 0.1) is 5.92 Å². The summed E-state index contributed by atoms with van der Waals surface area (Å²) in [6.45, 7) is 6.49. The number of carbonyl (C=O) groups is 2. The van der Waals surface area contributed by atoms with Gasteiger partial charge in [-0.1, -0.05) is 13.8 Å². The Balaban J connectivity index is 2.06. The van der Waals surface area contributed by atoms with E-state index in [1.54, 1.807) is 55.6 Å². The fourth-order valence-corrected chi connectivity index (χ4v) is 2.72. The molecule has 0 bridgehead atoms. The van der Waals surface area contributed by atoms with Crippen LogP contribution >= 0.6 is 0 Å². The number of methoxy groups -OCH3 is 1. The van der Waals surface area contributed by atoms with E-state index in [0.717, 1.165) is 0 Å². The zero-order chi connectivity index (χ0) is 20.5. The second-order valence-electron chi connectivity index (χ2n) is 6.83. The first-order valence-corrected chi connectivity index (χ1v) is 9.41. The number of rotatable bonds is 9. The van der Waals surface area contributed by atoms with Gasteiger partial charge in [-0.3, -0.25) is 9.59 Å². The molecule has 0 radical (unpaired) electrons. The first-order chi connectivity index (χ1) is 13.4. The molecule has 0 saturated heterocycles. The second kappa shape index (κ2) is 10.3. The van der Waals surface area contributed by atoms with Crippen LogP contribution in [0.25, 0.3) is 0 Å². The number of hydrogen-bond donors (Lipinski definition) is 2. The molecule has 0 fully saturated rings. The molecule has 150 valence electrons. The Morgan fingerprint density at radius 2 is 1.57 bits per heavy atom. The fourth-order valence-electron chi connectivity index (χ4n) is 2.72. The van der Waals surface area contributed by atoms with Crippen molar-refractivity contribution in [2.24, 2.45) is 5.92 Å². The Morgan fingerprint density at radius 3 is 2.11 bits per heavy atom. The number of benzene rings is 2. The maximum Gasteiger partial charge on any atom is 0.251 e. The third kappa shape index (κ3) is 6.30. The van der Waals surface area contributed by atoms with E-state index in [1.807, 2.05) is 20.8 Å². The van der Waals surface area contributed by atoms with Gasteiger partial charge in [-0.15, -0.1) is 0 Å². The van der Waals surface area contributed by atoms with Crippen LogP contribution in [0.2, 0.25) is 0 Å². The molecular weight excluding hydrogens is 356 g/mol. The van der Waals surface area contributed by atoms with Gasteiger partial charge in [0, 0.05) is 11.3 Å². The average Bonchev–Trinajstić information content (AvgIpc) is 2.68. The number of anilines is 1. The third-order valence-electron chi connectivity index (χ3n) is 4.11. The zero-order valence-electron chi connectivity index (χ0n) is 16.8. The Morgan fingerprint density at radius 1 is 0.964 bits per heavy atom. The summed E-state index contributed by atoms with van der Waals surface area (Å²) >= 11 is 0. The highest BCUT2D eigenvalue weighted by Crippen LogP contribution is 2.17. The van der Waals surface area contributed by atoms with Crippen molar-refractivity contribution in [1.29, 1.82) is 0 Å². The van der Waals surface area contributed by atoms with E-state index in [0.29, 0.717) is 35.8 Å². The highest BCUT2D eigenvalue weighted by molar-refractivity contribution is 6.01. The van der Waals surface area contributed by atoms with Gasteiger partial charge < -0.3 is 20.1 Å². The molecule has 0 aliphatic carbocycles. The summed E-state index contributed by atoms with van der Waals surface area (Å²) in [6, 6.07) is 13.3. The van der Waals surface area contributed by atoms with Gasteiger partial charge in [-0.25, -0.2) is 0 Å². The lowest BCUT2D eigenvalue weighted by Gasteiger charge is -2.20. The molecule has 2 aromatic rings. The summed E-state index contributed by atoms with van der Waals surface area (Å²) in [4.78, 5) is 25.3. The minimum absolute atomic E-state index is 0.243. The van der Waals surface area contributed by atoms with E-state index < -0.39 is 6.04 Å². The highest BCUT2D eigenvalue weighted by Gasteiger charge is 2.22. The van der Waals surface area contributed by atoms with Crippen molar-refractivity contribution < 1.29 is 19.1 Å². The molecule has 6 heteroatoms. The van der Waals surface area contributed by atoms with E-state index >= 15 is 0 Å². The predicted octanol–water partition coefficient (Wildman–Crippen LogP) is 3.88. The number of carbonyl (C=O) groups excluding carboxylic acids is 2. The summed E-state index contributed by atoms with van der Waals surface area (Å²) < 4.78 is 10.5. The molecule has 0 spiro atoms. The molecule has 0 aliphatic heterocycles. The molecule has 28 heavy (non-hydrogen) atoms. The van der Waals surface area contributed by atoms with Gasteiger partial charge in [0.2, 0.25) is 5.91 Å². The van der Waals surface area contributed by atoms with Gasteiger partial charge in [0.1, 0.15) is 17.5 Å². The molecule has 2 aromatic carbocycles. The lowest BCUT2D eigenvalue weighted by atomic mass is 10.0. The maximum atomic E-state index is 12.7. The van der Waals surface area contributed by atoms with Crippen LogP contribution < -0.4 is 20.1 Å². The molecule has 0 aromatic heterocycles. The van der Waals surface area contributed by atoms with Gasteiger partial charge in [0.05, 0.1) is 13.7 Å². The molecule has 0 saturated carbocycles. The lowest BCUT2D eigenvalue weighted by molar-refractivity contribution is -0.118. The Hall–Kier alpha value is -3.02. The minimum Gasteiger partial charge on any atom is -0.497 e. The van der Waals surface area contributed by atoms with E-state index in [-0.39, 0.29) is 17.7 Å². The van der Waals surface area contributed by atoms with Gasteiger partial charge in [0.25, 0.3) is 5.91 Å². The molecule has 1 atom stereocenters. The van der Waals surface area contributed by atoms with E-state index in [4.69, 9.17) is 9.47 Å². The molecule has 2 amide bonds. The quantitative estimate of drug-likeness (QED) is 0.688. The van der Waals surface area contributed by atoms with Crippen LogP contribution in [0.5, 0.6) is 11.5 Å². The summed E-state index contributed by atoms with van der Waals surface area (Å²) in [5, 5.41) is 5.69. The van der Waals surface area contributed by atoms with Crippen molar-refractivity contribution in [2.45, 2.75) is 33.2 Å². The van der Waals surface area contributed by atoms with Crippen molar-refractivity contribution in [1.82, 2.24) is 5.32 Å². The van der Waals surface area contributed by atoms with E-state index in [2.05, 4.69) is 10.6 Å². The number of ether oxygens (including phenoxy) is 2. The minimum atomic E-state index is -0.638. The topological polar surface area (TPSA) is 76.7 Å². The molecular formula is C22H28N2O4.